The minimum absolute atomic E-state index is 0.290. The van der Waals surface area contributed by atoms with Crippen LogP contribution in [0, 0.1) is 83.1 Å². The van der Waals surface area contributed by atoms with Crippen LogP contribution in [-0.2, 0) is 37.9 Å². The molecular formula is C106H116O18P4. The average molecular weight is 1800 g/mol. The summed E-state index contributed by atoms with van der Waals surface area (Å²) >= 11 is 0. The van der Waals surface area contributed by atoms with E-state index in [1.165, 1.54) is 0 Å². The molecule has 4 heterocycles. The molecule has 0 aromatic heterocycles. The molecule has 2 unspecified atom stereocenters. The van der Waals surface area contributed by atoms with Crippen molar-refractivity contribution in [3.63, 3.8) is 0 Å². The number of hydrogen-bond acceptors (Lipinski definition) is 18. The van der Waals surface area contributed by atoms with E-state index in [0.717, 1.165) is 182 Å². The van der Waals surface area contributed by atoms with Gasteiger partial charge in [-0.3, -0.25) is 0 Å². The topological polar surface area (TPSA) is 166 Å². The molecule has 2 atom stereocenters. The van der Waals surface area contributed by atoms with Crippen LogP contribution < -0.4 is 55.8 Å². The van der Waals surface area contributed by atoms with Crippen molar-refractivity contribution in [2.24, 2.45) is 0 Å². The normalized spacial score (nSPS) is 15.3. The summed E-state index contributed by atoms with van der Waals surface area (Å²) in [7, 11) is -7.77. The first kappa shape index (κ1) is 92.7. The molecule has 22 heteroatoms. The first-order valence-electron chi connectivity index (χ1n) is 44.1. The second kappa shape index (κ2) is 43.6. The molecule has 4 fully saturated rings. The molecule has 0 N–H and O–H groups in total. The number of benzene rings is 12. The lowest BCUT2D eigenvalue weighted by Gasteiger charge is -2.29. The summed E-state index contributed by atoms with van der Waals surface area (Å²) in [6.07, 6.45) is 0.676. The Kier molecular flexibility index (Phi) is 31.6. The summed E-state index contributed by atoms with van der Waals surface area (Å²) in [4.78, 5) is 0. The Morgan fingerprint density at radius 3 is 0.828 bits per heavy atom. The van der Waals surface area contributed by atoms with Gasteiger partial charge < -0.3 is 83.1 Å². The van der Waals surface area contributed by atoms with Crippen molar-refractivity contribution >= 4 is 44.6 Å². The van der Waals surface area contributed by atoms with Crippen LogP contribution in [0.4, 0.5) is 0 Å². The van der Waals surface area contributed by atoms with Crippen LogP contribution in [0.15, 0.2) is 231 Å². The average Bonchev–Trinajstić information content (AvgIpc) is 0.750. The van der Waals surface area contributed by atoms with Gasteiger partial charge in [0.2, 0.25) is 0 Å². The molecular weight excluding hydrogens is 1690 g/mol. The molecule has 16 rings (SSSR count). The van der Waals surface area contributed by atoms with Crippen LogP contribution in [-0.4, -0.2) is 52.9 Å². The highest BCUT2D eigenvalue weighted by atomic mass is 31.2. The monoisotopic (exact) mass is 1800 g/mol. The number of rotatable bonds is 30. The van der Waals surface area contributed by atoms with Gasteiger partial charge in [-0.05, 0) is 271 Å². The van der Waals surface area contributed by atoms with Crippen molar-refractivity contribution in [3.8, 4) is 79.7 Å². The molecule has 668 valence electrons. The second-order valence-electron chi connectivity index (χ2n) is 33.4. The molecule has 0 radical (unpaired) electrons. The van der Waals surface area contributed by atoms with Crippen LogP contribution in [0.1, 0.15) is 191 Å². The van der Waals surface area contributed by atoms with Gasteiger partial charge in [0.25, 0.3) is 0 Å². The van der Waals surface area contributed by atoms with E-state index in [2.05, 4.69) is 194 Å². The van der Waals surface area contributed by atoms with Gasteiger partial charge >= 0.3 is 34.0 Å². The Balaban J connectivity index is 0.000000207. The van der Waals surface area contributed by atoms with Crippen molar-refractivity contribution in [3.05, 3.63) is 331 Å². The Hall–Kier alpha value is -9.96. The maximum absolute atomic E-state index is 7.30. The fraction of sp³-hybridized carbons (Fsp3) is 0.321. The minimum Gasteiger partial charge on any atom is -0.435 e. The zero-order chi connectivity index (χ0) is 89.5. The number of para-hydroxylation sites is 4. The molecule has 0 aliphatic carbocycles. The Labute approximate surface area is 759 Å². The second-order valence-corrected chi connectivity index (χ2v) is 38.2. The van der Waals surface area contributed by atoms with E-state index >= 15 is 0 Å². The Bertz CT molecular complexity index is 5290. The lowest BCUT2D eigenvalue weighted by molar-refractivity contribution is -0.183. The van der Waals surface area contributed by atoms with Crippen molar-refractivity contribution in [2.75, 3.05) is 52.9 Å². The predicted molar refractivity (Wildman–Crippen MR) is 511 cm³/mol. The van der Waals surface area contributed by atoms with Crippen molar-refractivity contribution in [1.82, 2.24) is 0 Å². The standard InChI is InChI=1S/C58H64O14P2.C48H52O4P2/c1-37-35-39(3)53(71-73(67-47-23-11-7-19-43(47)55-59-27-15-28-60-55)68-48-24-12-8-20-44(48)56-61-29-16-30-62-56)51(41(37)5)52-42(6)38(2)36-40(4)54(52)72-74(69-49-25-13-9-21-45(49)57-63-31-17-32-64-57)70-50-26-14-10-22-46(50)58-65-33-18-34-66-58;1-31(2)41-23-21-33(5)29-45(41)49-53(39-17-13-11-14-18-39)51-47-37(9)25-35(7)27-43(47)44-28-36(8)26-38(10)48(44)52-54(40-19-15-12-16-20-40)50-46-30-34(6)22-24-42(46)32(3)4/h7-14,19-26,35-36,55-58H,15-18,27-34H2,1-6H3;11-32H,1-10H3. The largest absolute Gasteiger partial charge is 0.530 e. The van der Waals surface area contributed by atoms with E-state index < -0.39 is 59.1 Å². The van der Waals surface area contributed by atoms with Crippen molar-refractivity contribution in [1.29, 1.82) is 0 Å². The Morgan fingerprint density at radius 2 is 0.531 bits per heavy atom. The third-order valence-corrected chi connectivity index (χ3v) is 27.5. The highest BCUT2D eigenvalue weighted by Gasteiger charge is 2.37. The summed E-state index contributed by atoms with van der Waals surface area (Å²) in [6, 6.07) is 77.1. The lowest BCUT2D eigenvalue weighted by Crippen LogP contribution is -2.19. The van der Waals surface area contributed by atoms with Crippen molar-refractivity contribution < 1.29 is 83.1 Å². The lowest BCUT2D eigenvalue weighted by atomic mass is 9.87. The highest BCUT2D eigenvalue weighted by Crippen LogP contribution is 2.58. The third-order valence-electron chi connectivity index (χ3n) is 22.6. The van der Waals surface area contributed by atoms with Gasteiger partial charge in [-0.1, -0.05) is 185 Å². The van der Waals surface area contributed by atoms with Gasteiger partial charge in [0, 0.05) is 22.3 Å². The maximum Gasteiger partial charge on any atom is 0.530 e. The predicted octanol–water partition coefficient (Wildman–Crippen LogP) is 28.1. The number of ether oxygens (including phenoxy) is 8. The molecule has 0 amide bonds. The molecule has 12 aromatic rings. The van der Waals surface area contributed by atoms with E-state index in [0.29, 0.717) is 87.4 Å². The quantitative estimate of drug-likeness (QED) is 0.0390. The van der Waals surface area contributed by atoms with Crippen LogP contribution >= 0.6 is 34.0 Å². The van der Waals surface area contributed by atoms with Crippen LogP contribution in [0.2, 0.25) is 0 Å². The zero-order valence-corrected chi connectivity index (χ0v) is 79.6. The minimum atomic E-state index is -2.30. The molecule has 0 saturated carbocycles. The van der Waals surface area contributed by atoms with Gasteiger partial charge in [0.1, 0.15) is 57.5 Å². The summed E-state index contributed by atoms with van der Waals surface area (Å²) in [5.74, 6) is 6.90. The number of aryl methyl sites for hydroxylation is 10. The summed E-state index contributed by atoms with van der Waals surface area (Å²) in [5.41, 5.74) is 21.0. The molecule has 12 aromatic carbocycles. The molecule has 4 aliphatic heterocycles. The third kappa shape index (κ3) is 22.7. The van der Waals surface area contributed by atoms with Crippen molar-refractivity contribution in [2.45, 2.75) is 173 Å². The number of hydrogen-bond donors (Lipinski definition) is 0. The van der Waals surface area contributed by atoms with Gasteiger partial charge in [-0.25, -0.2) is 0 Å². The zero-order valence-electron chi connectivity index (χ0n) is 76.0. The molecule has 4 saturated heterocycles. The fourth-order valence-electron chi connectivity index (χ4n) is 15.9. The fourth-order valence-corrected chi connectivity index (χ4v) is 21.0. The van der Waals surface area contributed by atoms with E-state index in [1.807, 2.05) is 147 Å². The van der Waals surface area contributed by atoms with Crippen LogP contribution in [0.5, 0.6) is 57.5 Å². The smallest absolute Gasteiger partial charge is 0.435 e. The molecule has 0 spiro atoms. The van der Waals surface area contributed by atoms with Gasteiger partial charge in [0.15, 0.2) is 25.2 Å². The first-order valence-corrected chi connectivity index (χ1v) is 48.7. The molecule has 0 bridgehead atoms. The summed E-state index contributed by atoms with van der Waals surface area (Å²) < 4.78 is 120. The Morgan fingerprint density at radius 1 is 0.250 bits per heavy atom. The summed E-state index contributed by atoms with van der Waals surface area (Å²) in [6.45, 7) is 38.4. The molecule has 128 heavy (non-hydrogen) atoms. The summed E-state index contributed by atoms with van der Waals surface area (Å²) in [5, 5.41) is 1.98. The van der Waals surface area contributed by atoms with Crippen LogP contribution in [0.25, 0.3) is 22.3 Å². The van der Waals surface area contributed by atoms with Crippen LogP contribution in [0.3, 0.4) is 0 Å². The van der Waals surface area contributed by atoms with E-state index in [9.17, 15) is 0 Å². The first-order chi connectivity index (χ1) is 62.1. The highest BCUT2D eigenvalue weighted by molar-refractivity contribution is 7.57. The van der Waals surface area contributed by atoms with Gasteiger partial charge in [-0.15, -0.1) is 0 Å². The van der Waals surface area contributed by atoms with E-state index in [4.69, 9.17) is 83.1 Å². The maximum atomic E-state index is 7.30. The molecule has 18 nitrogen and oxygen atoms in total. The SMILES string of the molecule is Cc1cc(C)c(OP(Oc2ccccc2C2OCCCO2)Oc2ccccc2C2OCCCO2)c(-c2c(C)c(C)cc(C)c2OP(Oc2ccccc2C2OCCCO2)Oc2ccccc2C2OCCCO2)c1C.Cc1ccc(C(C)C)c(OP(Oc2c(C)cc(C)cc2-c2cc(C)cc(C)c2OP(Oc2cc(C)ccc2C(C)C)c2ccccc2)c2ccccc2)c1. The van der Waals surface area contributed by atoms with Gasteiger partial charge in [-0.2, -0.15) is 0 Å². The molecule has 4 aliphatic rings. The van der Waals surface area contributed by atoms with E-state index in [1.54, 1.807) is 0 Å². The van der Waals surface area contributed by atoms with E-state index in [-0.39, 0.29) is 11.8 Å². The van der Waals surface area contributed by atoms with Gasteiger partial charge in [0.05, 0.1) is 85.7 Å².